The molecule has 2 rings (SSSR count). The lowest BCUT2D eigenvalue weighted by Crippen LogP contribution is -2.21. The van der Waals surface area contributed by atoms with E-state index in [2.05, 4.69) is 12.2 Å². The van der Waals surface area contributed by atoms with Gasteiger partial charge in [0.2, 0.25) is 5.75 Å². The first-order valence-corrected chi connectivity index (χ1v) is 9.84. The van der Waals surface area contributed by atoms with Crippen molar-refractivity contribution in [2.45, 2.75) is 32.6 Å². The first-order chi connectivity index (χ1) is 14.5. The largest absolute Gasteiger partial charge is 0.493 e. The van der Waals surface area contributed by atoms with Crippen molar-refractivity contribution in [3.63, 3.8) is 0 Å². The molecule has 162 valence electrons. The van der Waals surface area contributed by atoms with Crippen molar-refractivity contribution in [2.75, 3.05) is 33.3 Å². The number of carbonyl (C=O) groups excluding carboxylic acids is 2. The Morgan fingerprint density at radius 3 is 2.07 bits per heavy atom. The Morgan fingerprint density at radius 1 is 0.900 bits per heavy atom. The van der Waals surface area contributed by atoms with Gasteiger partial charge >= 0.3 is 5.97 Å². The maximum Gasteiger partial charge on any atom is 0.310 e. The van der Waals surface area contributed by atoms with Gasteiger partial charge in [0.15, 0.2) is 18.1 Å². The highest BCUT2D eigenvalue weighted by molar-refractivity contribution is 5.92. The van der Waals surface area contributed by atoms with Crippen LogP contribution in [-0.4, -0.2) is 39.8 Å². The molecule has 0 unspecified atom stereocenters. The topological polar surface area (TPSA) is 83.1 Å². The van der Waals surface area contributed by atoms with E-state index in [1.165, 1.54) is 26.9 Å². The van der Waals surface area contributed by atoms with Crippen LogP contribution in [0.1, 0.15) is 30.9 Å². The molecule has 0 fully saturated rings. The smallest absolute Gasteiger partial charge is 0.310 e. The fraction of sp³-hybridized carbons (Fsp3) is 0.391. The Hall–Kier alpha value is -3.22. The lowest BCUT2D eigenvalue weighted by Gasteiger charge is -2.14. The predicted octanol–water partition coefficient (Wildman–Crippen LogP) is 3.78. The molecular weight excluding hydrogens is 386 g/mol. The molecule has 1 N–H and O–H groups in total. The van der Waals surface area contributed by atoms with Crippen molar-refractivity contribution in [3.8, 4) is 17.2 Å². The van der Waals surface area contributed by atoms with Gasteiger partial charge in [0.25, 0.3) is 5.91 Å². The predicted molar refractivity (Wildman–Crippen MR) is 114 cm³/mol. The van der Waals surface area contributed by atoms with Gasteiger partial charge in [0.1, 0.15) is 0 Å². The van der Waals surface area contributed by atoms with Crippen LogP contribution in [0.4, 0.5) is 5.69 Å². The zero-order valence-electron chi connectivity index (χ0n) is 17.9. The number of methoxy groups -OCH3 is 3. The number of aryl methyl sites for hydroxylation is 1. The highest BCUT2D eigenvalue weighted by Gasteiger charge is 2.16. The molecule has 0 aliphatic heterocycles. The third-order valence-corrected chi connectivity index (χ3v) is 4.49. The minimum atomic E-state index is -0.533. The second-order valence-electron chi connectivity index (χ2n) is 6.72. The van der Waals surface area contributed by atoms with Gasteiger partial charge in [-0.3, -0.25) is 9.59 Å². The van der Waals surface area contributed by atoms with Crippen LogP contribution >= 0.6 is 0 Å². The van der Waals surface area contributed by atoms with Crippen LogP contribution in [0.3, 0.4) is 0 Å². The summed E-state index contributed by atoms with van der Waals surface area (Å²) < 4.78 is 20.9. The third kappa shape index (κ3) is 6.69. The number of hydrogen-bond acceptors (Lipinski definition) is 6. The number of hydrogen-bond donors (Lipinski definition) is 1. The first-order valence-electron chi connectivity index (χ1n) is 9.84. The van der Waals surface area contributed by atoms with E-state index in [-0.39, 0.29) is 13.0 Å². The zero-order valence-corrected chi connectivity index (χ0v) is 17.9. The van der Waals surface area contributed by atoms with Crippen LogP contribution in [-0.2, 0) is 27.2 Å². The van der Waals surface area contributed by atoms with Gasteiger partial charge in [-0.1, -0.05) is 25.5 Å². The fourth-order valence-corrected chi connectivity index (χ4v) is 2.93. The summed E-state index contributed by atoms with van der Waals surface area (Å²) in [5.74, 6) is 0.403. The Balaban J connectivity index is 1.87. The number of esters is 1. The van der Waals surface area contributed by atoms with Gasteiger partial charge in [0, 0.05) is 5.69 Å². The van der Waals surface area contributed by atoms with E-state index in [1.807, 2.05) is 24.3 Å². The van der Waals surface area contributed by atoms with Gasteiger partial charge in [-0.15, -0.1) is 0 Å². The fourth-order valence-electron chi connectivity index (χ4n) is 2.93. The summed E-state index contributed by atoms with van der Waals surface area (Å²) in [7, 11) is 4.51. The van der Waals surface area contributed by atoms with Crippen molar-refractivity contribution in [1.29, 1.82) is 0 Å². The molecule has 7 heteroatoms. The van der Waals surface area contributed by atoms with Crippen molar-refractivity contribution < 1.29 is 28.5 Å². The monoisotopic (exact) mass is 415 g/mol. The van der Waals surface area contributed by atoms with Crippen LogP contribution in [0.25, 0.3) is 0 Å². The summed E-state index contributed by atoms with van der Waals surface area (Å²) in [4.78, 5) is 24.2. The maximum atomic E-state index is 12.2. The van der Waals surface area contributed by atoms with Gasteiger partial charge < -0.3 is 24.3 Å². The van der Waals surface area contributed by atoms with Crippen LogP contribution in [0.2, 0.25) is 0 Å². The van der Waals surface area contributed by atoms with E-state index >= 15 is 0 Å². The van der Waals surface area contributed by atoms with Crippen LogP contribution < -0.4 is 19.5 Å². The van der Waals surface area contributed by atoms with E-state index in [1.54, 1.807) is 12.1 Å². The summed E-state index contributed by atoms with van der Waals surface area (Å²) >= 11 is 0. The molecule has 0 spiro atoms. The number of benzene rings is 2. The first kappa shape index (κ1) is 23.1. The quantitative estimate of drug-likeness (QED) is 0.563. The van der Waals surface area contributed by atoms with Crippen molar-refractivity contribution in [1.82, 2.24) is 0 Å². The van der Waals surface area contributed by atoms with Crippen molar-refractivity contribution in [2.24, 2.45) is 0 Å². The van der Waals surface area contributed by atoms with E-state index in [0.717, 1.165) is 19.3 Å². The second-order valence-corrected chi connectivity index (χ2v) is 6.72. The Kier molecular flexibility index (Phi) is 9.00. The summed E-state index contributed by atoms with van der Waals surface area (Å²) in [6.45, 7) is 1.79. The Morgan fingerprint density at radius 2 is 1.53 bits per heavy atom. The van der Waals surface area contributed by atoms with E-state index in [9.17, 15) is 9.59 Å². The molecular formula is C23H29NO6. The van der Waals surface area contributed by atoms with Crippen LogP contribution in [0.5, 0.6) is 17.2 Å². The average molecular weight is 415 g/mol. The second kappa shape index (κ2) is 11.7. The molecule has 30 heavy (non-hydrogen) atoms. The molecule has 0 aromatic heterocycles. The average Bonchev–Trinajstić information content (AvgIpc) is 2.76. The summed E-state index contributed by atoms with van der Waals surface area (Å²) in [6.07, 6.45) is 3.26. The van der Waals surface area contributed by atoms with Gasteiger partial charge in [-0.2, -0.15) is 0 Å². The Bertz CT molecular complexity index is 822. The van der Waals surface area contributed by atoms with Gasteiger partial charge in [0.05, 0.1) is 27.8 Å². The number of amides is 1. The number of carbonyl (C=O) groups is 2. The van der Waals surface area contributed by atoms with Gasteiger partial charge in [-0.05, 0) is 48.2 Å². The molecule has 0 atom stereocenters. The minimum Gasteiger partial charge on any atom is -0.493 e. The van der Waals surface area contributed by atoms with Crippen LogP contribution in [0, 0.1) is 0 Å². The molecule has 1 amide bonds. The molecule has 0 heterocycles. The number of anilines is 1. The highest BCUT2D eigenvalue weighted by atomic mass is 16.5. The molecule has 0 aliphatic rings. The van der Waals surface area contributed by atoms with Crippen LogP contribution in [0.15, 0.2) is 36.4 Å². The molecule has 0 aliphatic carbocycles. The number of ether oxygens (including phenoxy) is 4. The normalized spacial score (nSPS) is 10.3. The maximum absolute atomic E-state index is 12.2. The summed E-state index contributed by atoms with van der Waals surface area (Å²) in [5.41, 5.74) is 2.52. The molecule has 2 aromatic rings. The summed E-state index contributed by atoms with van der Waals surface area (Å²) in [6, 6.07) is 11.0. The SMILES string of the molecule is CCCCc1ccc(NC(=O)COC(=O)Cc2cc(OC)c(OC)c(OC)c2)cc1. The standard InChI is InChI=1S/C23H29NO6/c1-5-6-7-16-8-10-18(11-9-16)24-21(25)15-30-22(26)14-17-12-19(27-2)23(29-4)20(13-17)28-3/h8-13H,5-7,14-15H2,1-4H3,(H,24,25). The summed E-state index contributed by atoms with van der Waals surface area (Å²) in [5, 5.41) is 2.72. The molecule has 2 aromatic carbocycles. The highest BCUT2D eigenvalue weighted by Crippen LogP contribution is 2.38. The van der Waals surface area contributed by atoms with E-state index in [4.69, 9.17) is 18.9 Å². The third-order valence-electron chi connectivity index (χ3n) is 4.49. The molecule has 0 saturated carbocycles. The van der Waals surface area contributed by atoms with E-state index in [0.29, 0.717) is 28.5 Å². The zero-order chi connectivity index (χ0) is 21.9. The van der Waals surface area contributed by atoms with Crippen molar-refractivity contribution in [3.05, 3.63) is 47.5 Å². The lowest BCUT2D eigenvalue weighted by molar-refractivity contribution is -0.146. The number of rotatable bonds is 11. The molecule has 0 bridgehead atoms. The van der Waals surface area contributed by atoms with Gasteiger partial charge in [-0.25, -0.2) is 0 Å². The molecule has 7 nitrogen and oxygen atoms in total. The number of unbranched alkanes of at least 4 members (excludes halogenated alkanes) is 1. The molecule has 0 saturated heterocycles. The minimum absolute atomic E-state index is 0.0316. The van der Waals surface area contributed by atoms with Crippen molar-refractivity contribution >= 4 is 17.6 Å². The number of nitrogens with one attached hydrogen (secondary N) is 1. The lowest BCUT2D eigenvalue weighted by atomic mass is 10.1. The molecule has 0 radical (unpaired) electrons. The van der Waals surface area contributed by atoms with E-state index < -0.39 is 11.9 Å². The Labute approximate surface area is 177 Å².